The first-order chi connectivity index (χ1) is 8.24. The zero-order valence-electron chi connectivity index (χ0n) is 9.67. The Bertz CT molecular complexity index is 347. The summed E-state index contributed by atoms with van der Waals surface area (Å²) < 4.78 is 5.55. The minimum atomic E-state index is -0.778. The third-order valence-corrected chi connectivity index (χ3v) is 3.67. The van der Waals surface area contributed by atoms with E-state index in [9.17, 15) is 4.79 Å². The number of ether oxygens (including phenoxy) is 1. The van der Waals surface area contributed by atoms with Crippen LogP contribution in [0, 0.1) is 0 Å². The van der Waals surface area contributed by atoms with Crippen LogP contribution in [0.2, 0.25) is 0 Å². The highest BCUT2D eigenvalue weighted by molar-refractivity contribution is 7.09. The van der Waals surface area contributed by atoms with E-state index in [4.69, 9.17) is 9.84 Å². The van der Waals surface area contributed by atoms with Gasteiger partial charge in [0, 0.05) is 24.6 Å². The second kappa shape index (κ2) is 6.14. The number of aliphatic carboxylic acids is 1. The van der Waals surface area contributed by atoms with Crippen LogP contribution in [-0.4, -0.2) is 41.8 Å². The molecule has 94 valence electrons. The first-order valence-corrected chi connectivity index (χ1v) is 6.70. The molecule has 0 bridgehead atoms. The van der Waals surface area contributed by atoms with Crippen molar-refractivity contribution in [2.24, 2.45) is 0 Å². The van der Waals surface area contributed by atoms with E-state index in [1.165, 1.54) is 4.88 Å². The molecule has 1 aliphatic rings. The van der Waals surface area contributed by atoms with Gasteiger partial charge in [-0.05, 0) is 24.3 Å². The van der Waals surface area contributed by atoms with Crippen LogP contribution >= 0.6 is 11.3 Å². The zero-order valence-corrected chi connectivity index (χ0v) is 10.5. The highest BCUT2D eigenvalue weighted by Crippen LogP contribution is 2.16. The average molecular weight is 255 g/mol. The minimum Gasteiger partial charge on any atom is -0.480 e. The summed E-state index contributed by atoms with van der Waals surface area (Å²) in [5, 5.41) is 10.9. The second-order valence-corrected chi connectivity index (χ2v) is 5.31. The summed E-state index contributed by atoms with van der Waals surface area (Å²) in [6.45, 7) is 2.30. The molecule has 1 aromatic rings. The van der Waals surface area contributed by atoms with E-state index in [1.807, 2.05) is 22.4 Å². The maximum atomic E-state index is 10.8. The van der Waals surface area contributed by atoms with Gasteiger partial charge in [0.1, 0.15) is 0 Å². The van der Waals surface area contributed by atoms with Gasteiger partial charge in [0.05, 0.1) is 12.6 Å². The summed E-state index contributed by atoms with van der Waals surface area (Å²) in [6.07, 6.45) is 2.33. The van der Waals surface area contributed by atoms with Crippen molar-refractivity contribution < 1.29 is 14.6 Å². The molecule has 4 nitrogen and oxygen atoms in total. The van der Waals surface area contributed by atoms with Crippen molar-refractivity contribution in [1.82, 2.24) is 4.90 Å². The Labute approximate surface area is 105 Å². The third kappa shape index (κ3) is 4.11. The van der Waals surface area contributed by atoms with Gasteiger partial charge in [-0.15, -0.1) is 11.3 Å². The summed E-state index contributed by atoms with van der Waals surface area (Å²) in [6, 6.07) is 4.03. The molecule has 1 aromatic heterocycles. The van der Waals surface area contributed by atoms with Gasteiger partial charge >= 0.3 is 5.97 Å². The first-order valence-electron chi connectivity index (χ1n) is 5.82. The molecule has 5 heteroatoms. The van der Waals surface area contributed by atoms with E-state index in [1.54, 1.807) is 11.3 Å². The van der Waals surface area contributed by atoms with Gasteiger partial charge < -0.3 is 9.84 Å². The maximum Gasteiger partial charge on any atom is 0.317 e. The fraction of sp³-hybridized carbons (Fsp3) is 0.583. The summed E-state index contributed by atoms with van der Waals surface area (Å²) in [5.41, 5.74) is 0. The van der Waals surface area contributed by atoms with Crippen LogP contribution in [0.15, 0.2) is 17.5 Å². The number of carboxylic acids is 1. The summed E-state index contributed by atoms with van der Waals surface area (Å²) >= 11 is 1.66. The lowest BCUT2D eigenvalue weighted by molar-refractivity contribution is -0.138. The third-order valence-electron chi connectivity index (χ3n) is 2.80. The topological polar surface area (TPSA) is 49.8 Å². The minimum absolute atomic E-state index is 0.0811. The fourth-order valence-electron chi connectivity index (χ4n) is 2.08. The number of thiophene rings is 1. The van der Waals surface area contributed by atoms with Crippen LogP contribution in [0.3, 0.4) is 0 Å². The lowest BCUT2D eigenvalue weighted by Gasteiger charge is -2.22. The maximum absolute atomic E-state index is 10.8. The Kier molecular flexibility index (Phi) is 4.53. The SMILES string of the molecule is O=C(O)CN(Cc1cccs1)CC1CCCO1. The number of rotatable bonds is 6. The Hall–Kier alpha value is -0.910. The van der Waals surface area contributed by atoms with Gasteiger partial charge in [-0.1, -0.05) is 6.07 Å². The highest BCUT2D eigenvalue weighted by Gasteiger charge is 2.20. The normalized spacial score (nSPS) is 19.9. The predicted octanol–water partition coefficient (Wildman–Crippen LogP) is 1.81. The van der Waals surface area contributed by atoms with Gasteiger partial charge in [-0.3, -0.25) is 9.69 Å². The standard InChI is InChI=1S/C12H17NO3S/c14-12(15)9-13(7-10-3-1-5-16-10)8-11-4-2-6-17-11/h2,4,6,10H,1,3,5,7-9H2,(H,14,15). The van der Waals surface area contributed by atoms with Gasteiger partial charge in [0.2, 0.25) is 0 Å². The Balaban J connectivity index is 1.89. The molecule has 1 aliphatic heterocycles. The molecule has 1 N–H and O–H groups in total. The van der Waals surface area contributed by atoms with E-state index in [-0.39, 0.29) is 12.6 Å². The van der Waals surface area contributed by atoms with Crippen LogP contribution in [0.25, 0.3) is 0 Å². The molecule has 0 aliphatic carbocycles. The summed E-state index contributed by atoms with van der Waals surface area (Å²) in [4.78, 5) is 14.0. The van der Waals surface area contributed by atoms with Crippen LogP contribution in [0.4, 0.5) is 0 Å². The van der Waals surface area contributed by atoms with Crippen LogP contribution in [0.1, 0.15) is 17.7 Å². The van der Waals surface area contributed by atoms with Crippen LogP contribution in [-0.2, 0) is 16.1 Å². The number of carbonyl (C=O) groups is 1. The number of nitrogens with zero attached hydrogens (tertiary/aromatic N) is 1. The van der Waals surface area contributed by atoms with E-state index in [0.717, 1.165) is 19.4 Å². The van der Waals surface area contributed by atoms with E-state index < -0.39 is 5.97 Å². The lowest BCUT2D eigenvalue weighted by atomic mass is 10.2. The van der Waals surface area contributed by atoms with E-state index in [0.29, 0.717) is 13.1 Å². The monoisotopic (exact) mass is 255 g/mol. The molecule has 0 radical (unpaired) electrons. The highest BCUT2D eigenvalue weighted by atomic mass is 32.1. The van der Waals surface area contributed by atoms with Crippen molar-refractivity contribution in [3.63, 3.8) is 0 Å². The first kappa shape index (κ1) is 12.5. The molecule has 0 spiro atoms. The van der Waals surface area contributed by atoms with E-state index in [2.05, 4.69) is 0 Å². The Morgan fingerprint density at radius 1 is 1.65 bits per heavy atom. The van der Waals surface area contributed by atoms with Crippen molar-refractivity contribution in [2.75, 3.05) is 19.7 Å². The van der Waals surface area contributed by atoms with Crippen molar-refractivity contribution in [3.05, 3.63) is 22.4 Å². The Morgan fingerprint density at radius 3 is 3.12 bits per heavy atom. The molecule has 1 unspecified atom stereocenters. The predicted molar refractivity (Wildman–Crippen MR) is 66.2 cm³/mol. The largest absolute Gasteiger partial charge is 0.480 e. The molecule has 1 saturated heterocycles. The summed E-state index contributed by atoms with van der Waals surface area (Å²) in [5.74, 6) is -0.778. The van der Waals surface area contributed by atoms with E-state index >= 15 is 0 Å². The Morgan fingerprint density at radius 2 is 2.53 bits per heavy atom. The fourth-order valence-corrected chi connectivity index (χ4v) is 2.82. The van der Waals surface area contributed by atoms with Crippen molar-refractivity contribution in [2.45, 2.75) is 25.5 Å². The molecule has 2 rings (SSSR count). The molecule has 2 heterocycles. The van der Waals surface area contributed by atoms with Gasteiger partial charge in [0.15, 0.2) is 0 Å². The summed E-state index contributed by atoms with van der Waals surface area (Å²) in [7, 11) is 0. The van der Waals surface area contributed by atoms with Crippen LogP contribution in [0.5, 0.6) is 0 Å². The van der Waals surface area contributed by atoms with Crippen molar-refractivity contribution >= 4 is 17.3 Å². The van der Waals surface area contributed by atoms with Crippen LogP contribution < -0.4 is 0 Å². The number of hydrogen-bond donors (Lipinski definition) is 1. The lowest BCUT2D eigenvalue weighted by Crippen LogP contribution is -2.35. The molecule has 1 fully saturated rings. The molecular weight excluding hydrogens is 238 g/mol. The van der Waals surface area contributed by atoms with Gasteiger partial charge in [0.25, 0.3) is 0 Å². The quantitative estimate of drug-likeness (QED) is 0.842. The average Bonchev–Trinajstić information content (AvgIpc) is 2.89. The molecule has 0 saturated carbocycles. The molecule has 1 atom stereocenters. The second-order valence-electron chi connectivity index (χ2n) is 4.28. The van der Waals surface area contributed by atoms with Crippen molar-refractivity contribution in [3.8, 4) is 0 Å². The molecular formula is C12H17NO3S. The molecule has 0 aromatic carbocycles. The molecule has 0 amide bonds. The number of carboxylic acid groups (broad SMARTS) is 1. The smallest absolute Gasteiger partial charge is 0.317 e. The van der Waals surface area contributed by atoms with Gasteiger partial charge in [-0.2, -0.15) is 0 Å². The van der Waals surface area contributed by atoms with Crippen molar-refractivity contribution in [1.29, 1.82) is 0 Å². The zero-order chi connectivity index (χ0) is 12.1. The molecule has 17 heavy (non-hydrogen) atoms. The van der Waals surface area contributed by atoms with Gasteiger partial charge in [-0.25, -0.2) is 0 Å². The number of hydrogen-bond acceptors (Lipinski definition) is 4.